The van der Waals surface area contributed by atoms with Crippen molar-refractivity contribution >= 4 is 5.69 Å². The van der Waals surface area contributed by atoms with E-state index in [-0.39, 0.29) is 17.5 Å². The maximum absolute atomic E-state index is 13.7. The van der Waals surface area contributed by atoms with Gasteiger partial charge in [0.25, 0.3) is 0 Å². The Kier molecular flexibility index (Phi) is 4.47. The highest BCUT2D eigenvalue weighted by Gasteiger charge is 2.18. The summed E-state index contributed by atoms with van der Waals surface area (Å²) in [5.41, 5.74) is 6.04. The Morgan fingerprint density at radius 3 is 2.84 bits per heavy atom. The molecule has 0 aliphatic carbocycles. The van der Waals surface area contributed by atoms with Crippen LogP contribution in [0.15, 0.2) is 12.1 Å². The van der Waals surface area contributed by atoms with Gasteiger partial charge in [-0.3, -0.25) is 0 Å². The summed E-state index contributed by atoms with van der Waals surface area (Å²) in [5.74, 6) is 0.535. The van der Waals surface area contributed by atoms with Gasteiger partial charge in [0.1, 0.15) is 5.75 Å². The molecule has 4 nitrogen and oxygen atoms in total. The third-order valence-corrected chi connectivity index (χ3v) is 2.93. The van der Waals surface area contributed by atoms with E-state index >= 15 is 0 Å². The van der Waals surface area contributed by atoms with Gasteiger partial charge in [0.15, 0.2) is 11.6 Å². The van der Waals surface area contributed by atoms with E-state index in [1.54, 1.807) is 0 Å². The van der Waals surface area contributed by atoms with Gasteiger partial charge in [-0.05, 0) is 20.3 Å². The summed E-state index contributed by atoms with van der Waals surface area (Å²) >= 11 is 0. The van der Waals surface area contributed by atoms with E-state index in [4.69, 9.17) is 19.9 Å². The molecule has 0 spiro atoms. The number of hydrogen-bond acceptors (Lipinski definition) is 4. The molecule has 1 saturated heterocycles. The highest BCUT2D eigenvalue weighted by molar-refractivity contribution is 5.56. The molecule has 0 amide bonds. The van der Waals surface area contributed by atoms with Gasteiger partial charge in [0.05, 0.1) is 25.0 Å². The van der Waals surface area contributed by atoms with Gasteiger partial charge < -0.3 is 19.9 Å². The first kappa shape index (κ1) is 13.9. The van der Waals surface area contributed by atoms with Crippen molar-refractivity contribution in [2.45, 2.75) is 26.4 Å². The number of hydrogen-bond donors (Lipinski definition) is 1. The molecule has 0 saturated carbocycles. The number of benzene rings is 1. The largest absolute Gasteiger partial charge is 0.491 e. The first-order valence-corrected chi connectivity index (χ1v) is 6.52. The van der Waals surface area contributed by atoms with Crippen LogP contribution in [-0.2, 0) is 4.74 Å². The molecule has 0 aromatic heterocycles. The van der Waals surface area contributed by atoms with Crippen LogP contribution >= 0.6 is 0 Å². The van der Waals surface area contributed by atoms with E-state index < -0.39 is 5.82 Å². The summed E-state index contributed by atoms with van der Waals surface area (Å²) in [6, 6.07) is 2.75. The third-order valence-electron chi connectivity index (χ3n) is 2.93. The van der Waals surface area contributed by atoms with E-state index in [0.717, 1.165) is 13.0 Å². The predicted molar refractivity (Wildman–Crippen MR) is 71.0 cm³/mol. The number of nitrogens with two attached hydrogens (primary N) is 1. The second-order valence-corrected chi connectivity index (χ2v) is 5.03. The average molecular weight is 269 g/mol. The Morgan fingerprint density at radius 2 is 2.21 bits per heavy atom. The Labute approximate surface area is 112 Å². The van der Waals surface area contributed by atoms with E-state index in [2.05, 4.69) is 0 Å². The molecule has 5 heteroatoms. The van der Waals surface area contributed by atoms with Crippen molar-refractivity contribution in [1.29, 1.82) is 0 Å². The highest BCUT2D eigenvalue weighted by Crippen LogP contribution is 2.31. The molecular weight excluding hydrogens is 249 g/mol. The smallest absolute Gasteiger partial charge is 0.167 e. The standard InChI is InChI=1S/C14H20FNO3/c1-9(2)19-13-6-14(12(16)5-11(13)15)18-8-10-3-4-17-7-10/h5-6,9-10H,3-4,7-8,16H2,1-2H3. The summed E-state index contributed by atoms with van der Waals surface area (Å²) in [6.45, 7) is 5.68. The molecule has 0 bridgehead atoms. The van der Waals surface area contributed by atoms with Crippen molar-refractivity contribution in [1.82, 2.24) is 0 Å². The lowest BCUT2D eigenvalue weighted by Crippen LogP contribution is -2.13. The van der Waals surface area contributed by atoms with Crippen LogP contribution in [0.2, 0.25) is 0 Å². The summed E-state index contributed by atoms with van der Waals surface area (Å²) in [5, 5.41) is 0. The van der Waals surface area contributed by atoms with Crippen LogP contribution < -0.4 is 15.2 Å². The second-order valence-electron chi connectivity index (χ2n) is 5.03. The Morgan fingerprint density at radius 1 is 1.42 bits per heavy atom. The minimum atomic E-state index is -0.470. The summed E-state index contributed by atoms with van der Waals surface area (Å²) < 4.78 is 30.0. The molecule has 1 aromatic rings. The molecule has 1 atom stereocenters. The molecule has 1 aliphatic heterocycles. The van der Waals surface area contributed by atoms with Crippen molar-refractivity contribution in [2.24, 2.45) is 5.92 Å². The number of ether oxygens (including phenoxy) is 3. The average Bonchev–Trinajstić information content (AvgIpc) is 2.83. The number of halogens is 1. The zero-order valence-electron chi connectivity index (χ0n) is 11.3. The number of anilines is 1. The fourth-order valence-electron chi connectivity index (χ4n) is 1.94. The molecule has 2 rings (SSSR count). The maximum Gasteiger partial charge on any atom is 0.167 e. The van der Waals surface area contributed by atoms with Crippen LogP contribution in [0.5, 0.6) is 11.5 Å². The van der Waals surface area contributed by atoms with Gasteiger partial charge in [0.2, 0.25) is 0 Å². The minimum Gasteiger partial charge on any atom is -0.491 e. The summed E-state index contributed by atoms with van der Waals surface area (Å²) in [6.07, 6.45) is 0.880. The van der Waals surface area contributed by atoms with Gasteiger partial charge in [-0.2, -0.15) is 0 Å². The molecule has 2 N–H and O–H groups in total. The van der Waals surface area contributed by atoms with Crippen LogP contribution in [-0.4, -0.2) is 25.9 Å². The third kappa shape index (κ3) is 3.73. The van der Waals surface area contributed by atoms with E-state index in [9.17, 15) is 4.39 Å². The monoisotopic (exact) mass is 269 g/mol. The number of nitrogen functional groups attached to an aromatic ring is 1. The molecule has 1 fully saturated rings. The van der Waals surface area contributed by atoms with Crippen molar-refractivity contribution in [2.75, 3.05) is 25.6 Å². The molecule has 1 heterocycles. The van der Waals surface area contributed by atoms with E-state index in [1.165, 1.54) is 12.1 Å². The topological polar surface area (TPSA) is 53.7 Å². The highest BCUT2D eigenvalue weighted by atomic mass is 19.1. The molecular formula is C14H20FNO3. The Bertz CT molecular complexity index is 431. The fourth-order valence-corrected chi connectivity index (χ4v) is 1.94. The van der Waals surface area contributed by atoms with Crippen LogP contribution in [0, 0.1) is 11.7 Å². The number of rotatable bonds is 5. The quantitative estimate of drug-likeness (QED) is 0.835. The van der Waals surface area contributed by atoms with Crippen LogP contribution in [0.4, 0.5) is 10.1 Å². The van der Waals surface area contributed by atoms with Crippen LogP contribution in [0.25, 0.3) is 0 Å². The SMILES string of the molecule is CC(C)Oc1cc(OCC2CCOC2)c(N)cc1F. The zero-order valence-corrected chi connectivity index (χ0v) is 11.3. The lowest BCUT2D eigenvalue weighted by atomic mass is 10.1. The normalized spacial score (nSPS) is 18.8. The lowest BCUT2D eigenvalue weighted by molar-refractivity contribution is 0.167. The van der Waals surface area contributed by atoms with Gasteiger partial charge >= 0.3 is 0 Å². The van der Waals surface area contributed by atoms with Gasteiger partial charge in [0, 0.05) is 24.7 Å². The summed E-state index contributed by atoms with van der Waals surface area (Å²) in [4.78, 5) is 0. The zero-order chi connectivity index (χ0) is 13.8. The molecule has 106 valence electrons. The van der Waals surface area contributed by atoms with Crippen molar-refractivity contribution in [3.63, 3.8) is 0 Å². The Hall–Kier alpha value is -1.49. The molecule has 0 radical (unpaired) electrons. The van der Waals surface area contributed by atoms with E-state index in [0.29, 0.717) is 24.9 Å². The Balaban J connectivity index is 2.05. The van der Waals surface area contributed by atoms with E-state index in [1.807, 2.05) is 13.8 Å². The minimum absolute atomic E-state index is 0.103. The predicted octanol–water partition coefficient (Wildman–Crippen LogP) is 2.61. The van der Waals surface area contributed by atoms with Crippen molar-refractivity contribution in [3.05, 3.63) is 17.9 Å². The summed E-state index contributed by atoms with van der Waals surface area (Å²) in [7, 11) is 0. The molecule has 19 heavy (non-hydrogen) atoms. The molecule has 1 unspecified atom stereocenters. The van der Waals surface area contributed by atoms with Crippen LogP contribution in [0.3, 0.4) is 0 Å². The van der Waals surface area contributed by atoms with Gasteiger partial charge in [-0.15, -0.1) is 0 Å². The van der Waals surface area contributed by atoms with Crippen molar-refractivity contribution < 1.29 is 18.6 Å². The first-order valence-electron chi connectivity index (χ1n) is 6.52. The van der Waals surface area contributed by atoms with Gasteiger partial charge in [-0.1, -0.05) is 0 Å². The van der Waals surface area contributed by atoms with Crippen LogP contribution in [0.1, 0.15) is 20.3 Å². The second kappa shape index (κ2) is 6.10. The van der Waals surface area contributed by atoms with Crippen molar-refractivity contribution in [3.8, 4) is 11.5 Å². The molecule has 1 aromatic carbocycles. The fraction of sp³-hybridized carbons (Fsp3) is 0.571. The maximum atomic E-state index is 13.7. The lowest BCUT2D eigenvalue weighted by Gasteiger charge is -2.16. The van der Waals surface area contributed by atoms with Gasteiger partial charge in [-0.25, -0.2) is 4.39 Å². The molecule has 1 aliphatic rings. The first-order chi connectivity index (χ1) is 9.06.